The van der Waals surface area contributed by atoms with Crippen molar-refractivity contribution < 1.29 is 9.53 Å². The number of ether oxygens (including phenoxy) is 1. The second kappa shape index (κ2) is 14.9. The number of carbonyl (C=O) groups is 1. The molecule has 0 fully saturated rings. The number of nitrogens with one attached hydrogen (secondary N) is 2. The van der Waals surface area contributed by atoms with E-state index in [0.29, 0.717) is 12.3 Å². The van der Waals surface area contributed by atoms with Crippen LogP contribution in [0.5, 0.6) is 0 Å². The predicted molar refractivity (Wildman–Crippen MR) is 94.7 cm³/mol. The minimum Gasteiger partial charge on any atom is -0.469 e. The summed E-state index contributed by atoms with van der Waals surface area (Å²) in [5, 5.41) is 6.58. The summed E-state index contributed by atoms with van der Waals surface area (Å²) in [6.45, 7) is 6.19. The molecule has 5 nitrogen and oxygen atoms in total. The van der Waals surface area contributed by atoms with Crippen LogP contribution in [0.4, 0.5) is 0 Å². The minimum atomic E-state index is -0.142. The second-order valence-electron chi connectivity index (χ2n) is 4.60. The lowest BCUT2D eigenvalue weighted by molar-refractivity contribution is -0.140. The highest BCUT2D eigenvalue weighted by Gasteiger charge is 2.04. The zero-order chi connectivity index (χ0) is 14.5. The summed E-state index contributed by atoms with van der Waals surface area (Å²) in [7, 11) is 3.20. The molecule has 0 atom stereocenters. The maximum Gasteiger partial charge on any atom is 0.305 e. The average molecular weight is 399 g/mol. The predicted octanol–water partition coefficient (Wildman–Crippen LogP) is 2.55. The maximum atomic E-state index is 10.9. The van der Waals surface area contributed by atoms with Crippen LogP contribution in [-0.4, -0.2) is 39.2 Å². The van der Waals surface area contributed by atoms with E-state index in [4.69, 9.17) is 0 Å². The molecule has 0 aromatic rings. The number of hydrogen-bond acceptors (Lipinski definition) is 3. The van der Waals surface area contributed by atoms with Crippen LogP contribution in [0.1, 0.15) is 46.0 Å². The molecule has 0 saturated heterocycles. The third kappa shape index (κ3) is 11.3. The number of rotatable bonds is 9. The molecule has 0 aromatic heterocycles. The van der Waals surface area contributed by atoms with E-state index in [1.165, 1.54) is 20.0 Å². The molecule has 6 heteroatoms. The first kappa shape index (κ1) is 21.8. The molecule has 0 rings (SSSR count). The number of halogens is 1. The fraction of sp³-hybridized carbons (Fsp3) is 0.857. The second-order valence-corrected chi connectivity index (χ2v) is 4.60. The molecule has 0 unspecified atom stereocenters. The minimum absolute atomic E-state index is 0. The van der Waals surface area contributed by atoms with Crippen LogP contribution in [0.3, 0.4) is 0 Å². The summed E-state index contributed by atoms with van der Waals surface area (Å²) in [6.07, 6.45) is 4.61. The topological polar surface area (TPSA) is 62.7 Å². The van der Waals surface area contributed by atoms with Gasteiger partial charge in [0.25, 0.3) is 0 Å². The number of aliphatic imine (C=N–C) groups is 1. The Bertz CT molecular complexity index is 269. The van der Waals surface area contributed by atoms with Crippen LogP contribution in [0.15, 0.2) is 4.99 Å². The van der Waals surface area contributed by atoms with Gasteiger partial charge in [-0.05, 0) is 18.8 Å². The van der Waals surface area contributed by atoms with E-state index in [0.717, 1.165) is 31.9 Å². The van der Waals surface area contributed by atoms with Crippen molar-refractivity contribution in [2.45, 2.75) is 46.0 Å². The number of nitrogens with zero attached hydrogens (tertiary/aromatic N) is 1. The van der Waals surface area contributed by atoms with Crippen molar-refractivity contribution in [3.8, 4) is 0 Å². The smallest absolute Gasteiger partial charge is 0.305 e. The number of carbonyl (C=O) groups excluding carboxylic acids is 1. The fourth-order valence-corrected chi connectivity index (χ4v) is 1.74. The van der Waals surface area contributed by atoms with Crippen molar-refractivity contribution in [2.24, 2.45) is 10.9 Å². The first-order valence-corrected chi connectivity index (χ1v) is 7.19. The molecular formula is C14H30IN3O2. The Morgan fingerprint density at radius 3 is 2.35 bits per heavy atom. The van der Waals surface area contributed by atoms with Crippen LogP contribution >= 0.6 is 24.0 Å². The van der Waals surface area contributed by atoms with Gasteiger partial charge in [0.2, 0.25) is 0 Å². The highest BCUT2D eigenvalue weighted by molar-refractivity contribution is 14.0. The third-order valence-electron chi connectivity index (χ3n) is 3.26. The molecule has 0 aromatic carbocycles. The number of guanidine groups is 1. The summed E-state index contributed by atoms with van der Waals surface area (Å²) in [5.41, 5.74) is 0. The van der Waals surface area contributed by atoms with Gasteiger partial charge < -0.3 is 15.4 Å². The normalized spacial score (nSPS) is 10.9. The molecule has 0 bridgehead atoms. The van der Waals surface area contributed by atoms with Crippen LogP contribution in [0.2, 0.25) is 0 Å². The van der Waals surface area contributed by atoms with Crippen molar-refractivity contribution in [3.63, 3.8) is 0 Å². The van der Waals surface area contributed by atoms with Gasteiger partial charge in [0.15, 0.2) is 5.96 Å². The Balaban J connectivity index is 0. The van der Waals surface area contributed by atoms with Gasteiger partial charge in [-0.1, -0.05) is 26.7 Å². The van der Waals surface area contributed by atoms with Crippen LogP contribution in [0, 0.1) is 5.92 Å². The summed E-state index contributed by atoms with van der Waals surface area (Å²) in [5.74, 6) is 1.39. The zero-order valence-corrected chi connectivity index (χ0v) is 15.5. The number of esters is 1. The molecule has 0 radical (unpaired) electrons. The Morgan fingerprint density at radius 1 is 1.20 bits per heavy atom. The zero-order valence-electron chi connectivity index (χ0n) is 13.2. The maximum absolute atomic E-state index is 10.9. The Kier molecular flexibility index (Phi) is 16.2. The van der Waals surface area contributed by atoms with Crippen molar-refractivity contribution in [2.75, 3.05) is 27.2 Å². The quantitative estimate of drug-likeness (QED) is 0.206. The molecular weight excluding hydrogens is 369 g/mol. The van der Waals surface area contributed by atoms with E-state index in [1.54, 1.807) is 7.05 Å². The summed E-state index contributed by atoms with van der Waals surface area (Å²) in [6, 6.07) is 0. The van der Waals surface area contributed by atoms with E-state index in [9.17, 15) is 4.79 Å². The number of unbranched alkanes of at least 4 members (excludes halogenated alkanes) is 1. The van der Waals surface area contributed by atoms with Gasteiger partial charge >= 0.3 is 5.97 Å². The van der Waals surface area contributed by atoms with Crippen LogP contribution in [0.25, 0.3) is 0 Å². The largest absolute Gasteiger partial charge is 0.469 e. The van der Waals surface area contributed by atoms with Crippen LogP contribution < -0.4 is 10.6 Å². The van der Waals surface area contributed by atoms with Crippen molar-refractivity contribution in [1.29, 1.82) is 0 Å². The SMILES string of the molecule is CCC(CC)CNC(=NC)NCCCCC(=O)OC.I. The molecule has 0 saturated carbocycles. The summed E-state index contributed by atoms with van der Waals surface area (Å²) < 4.78 is 4.59. The molecule has 0 aliphatic carbocycles. The lowest BCUT2D eigenvalue weighted by Crippen LogP contribution is -2.40. The lowest BCUT2D eigenvalue weighted by Gasteiger charge is -2.16. The van der Waals surface area contributed by atoms with E-state index < -0.39 is 0 Å². The molecule has 20 heavy (non-hydrogen) atoms. The van der Waals surface area contributed by atoms with E-state index in [1.807, 2.05) is 0 Å². The monoisotopic (exact) mass is 399 g/mol. The van der Waals surface area contributed by atoms with Crippen molar-refractivity contribution in [3.05, 3.63) is 0 Å². The summed E-state index contributed by atoms with van der Waals surface area (Å²) in [4.78, 5) is 15.1. The molecule has 0 aliphatic heterocycles. The average Bonchev–Trinajstić information content (AvgIpc) is 2.45. The van der Waals surface area contributed by atoms with E-state index in [2.05, 4.69) is 34.2 Å². The molecule has 2 N–H and O–H groups in total. The Hall–Kier alpha value is -0.530. The van der Waals surface area contributed by atoms with Gasteiger partial charge in [0.05, 0.1) is 7.11 Å². The highest BCUT2D eigenvalue weighted by Crippen LogP contribution is 2.04. The number of hydrogen-bond donors (Lipinski definition) is 2. The lowest BCUT2D eigenvalue weighted by atomic mass is 10.0. The highest BCUT2D eigenvalue weighted by atomic mass is 127. The molecule has 120 valence electrons. The van der Waals surface area contributed by atoms with Gasteiger partial charge in [-0.2, -0.15) is 0 Å². The fourth-order valence-electron chi connectivity index (χ4n) is 1.74. The number of methoxy groups -OCH3 is 1. The Labute approximate surface area is 140 Å². The van der Waals surface area contributed by atoms with Gasteiger partial charge in [-0.25, -0.2) is 0 Å². The van der Waals surface area contributed by atoms with Gasteiger partial charge in [-0.3, -0.25) is 9.79 Å². The van der Waals surface area contributed by atoms with Crippen molar-refractivity contribution >= 4 is 35.9 Å². The first-order valence-electron chi connectivity index (χ1n) is 7.19. The first-order chi connectivity index (χ1) is 9.17. The molecule has 0 spiro atoms. The molecule has 0 aliphatic rings. The molecule has 0 amide bonds. The third-order valence-corrected chi connectivity index (χ3v) is 3.26. The van der Waals surface area contributed by atoms with E-state index in [-0.39, 0.29) is 29.9 Å². The standard InChI is InChI=1S/C14H29N3O2.HI/c1-5-12(6-2)11-17-14(15-3)16-10-8-7-9-13(18)19-4;/h12H,5-11H2,1-4H3,(H2,15,16,17);1H. The van der Waals surface area contributed by atoms with E-state index >= 15 is 0 Å². The molecule has 0 heterocycles. The van der Waals surface area contributed by atoms with Gasteiger partial charge in [-0.15, -0.1) is 24.0 Å². The summed E-state index contributed by atoms with van der Waals surface area (Å²) >= 11 is 0. The van der Waals surface area contributed by atoms with Crippen molar-refractivity contribution in [1.82, 2.24) is 10.6 Å². The van der Waals surface area contributed by atoms with Gasteiger partial charge in [0, 0.05) is 26.6 Å². The van der Waals surface area contributed by atoms with Crippen LogP contribution in [-0.2, 0) is 9.53 Å². The van der Waals surface area contributed by atoms with Gasteiger partial charge in [0.1, 0.15) is 0 Å². The Morgan fingerprint density at radius 2 is 1.85 bits per heavy atom.